The van der Waals surface area contributed by atoms with Gasteiger partial charge in [0.25, 0.3) is 10.0 Å². The minimum atomic E-state index is -3.51. The second-order valence-electron chi connectivity index (χ2n) is 3.58. The van der Waals surface area contributed by atoms with E-state index in [1.54, 1.807) is 25.1 Å². The van der Waals surface area contributed by atoms with Gasteiger partial charge in [0.2, 0.25) is 0 Å². The van der Waals surface area contributed by atoms with Crippen LogP contribution in [0.25, 0.3) is 0 Å². The number of aryl methyl sites for hydroxylation is 1. The maximum absolute atomic E-state index is 12.2. The van der Waals surface area contributed by atoms with E-state index in [0.717, 1.165) is 12.2 Å². The summed E-state index contributed by atoms with van der Waals surface area (Å²) < 4.78 is 28.8. The molecule has 0 spiro atoms. The van der Waals surface area contributed by atoms with Gasteiger partial charge in [-0.3, -0.25) is 4.72 Å². The lowest BCUT2D eigenvalue weighted by atomic mass is 10.3. The zero-order valence-electron chi connectivity index (χ0n) is 9.28. The normalized spacial score (nSPS) is 11.5. The molecule has 7 heteroatoms. The fraction of sp³-hybridized carbons (Fsp3) is 0.0909. The molecule has 96 valence electrons. The van der Waals surface area contributed by atoms with Crippen LogP contribution in [0.3, 0.4) is 0 Å². The van der Waals surface area contributed by atoms with E-state index in [0.29, 0.717) is 10.6 Å². The molecule has 0 atom stereocenters. The van der Waals surface area contributed by atoms with Gasteiger partial charge < -0.3 is 0 Å². The lowest BCUT2D eigenvalue weighted by Crippen LogP contribution is -2.12. The van der Waals surface area contributed by atoms with E-state index in [2.05, 4.69) is 43.2 Å². The summed E-state index contributed by atoms with van der Waals surface area (Å²) in [4.78, 5) is 1.08. The van der Waals surface area contributed by atoms with Crippen molar-refractivity contribution in [3.05, 3.63) is 42.6 Å². The van der Waals surface area contributed by atoms with Crippen LogP contribution in [0.1, 0.15) is 4.88 Å². The van der Waals surface area contributed by atoms with Crippen LogP contribution in [-0.4, -0.2) is 8.42 Å². The summed E-state index contributed by atoms with van der Waals surface area (Å²) in [6.45, 7) is 1.79. The Hall–Kier alpha value is -0.120. The predicted molar refractivity (Wildman–Crippen MR) is 86.7 cm³/mol. The maximum Gasteiger partial charge on any atom is 0.263 e. The number of nitrogens with one attached hydrogen (secondary N) is 1. The smallest absolute Gasteiger partial charge is 0.263 e. The van der Waals surface area contributed by atoms with Crippen LogP contribution >= 0.6 is 49.9 Å². The quantitative estimate of drug-likeness (QED) is 0.701. The van der Waals surface area contributed by atoms with Crippen LogP contribution in [0, 0.1) is 10.5 Å². The van der Waals surface area contributed by atoms with E-state index in [1.165, 1.54) is 11.3 Å². The van der Waals surface area contributed by atoms with Gasteiger partial charge in [-0.25, -0.2) is 8.42 Å². The second kappa shape index (κ2) is 5.48. The summed E-state index contributed by atoms with van der Waals surface area (Å²) in [6, 6.07) is 8.82. The molecule has 2 aromatic rings. The molecule has 0 aliphatic rings. The largest absolute Gasteiger partial charge is 0.280 e. The van der Waals surface area contributed by atoms with E-state index in [1.807, 2.05) is 12.1 Å². The Kier molecular flexibility index (Phi) is 4.35. The Bertz CT molecular complexity index is 665. The first kappa shape index (κ1) is 14.3. The summed E-state index contributed by atoms with van der Waals surface area (Å²) in [6.07, 6.45) is 0. The Balaban J connectivity index is 2.33. The molecule has 0 saturated carbocycles. The highest BCUT2D eigenvalue weighted by Crippen LogP contribution is 2.30. The number of anilines is 1. The first-order valence-corrected chi connectivity index (χ1v) is 9.10. The molecule has 1 N–H and O–H groups in total. The zero-order chi connectivity index (χ0) is 13.3. The molecule has 18 heavy (non-hydrogen) atoms. The topological polar surface area (TPSA) is 46.2 Å². The molecule has 0 saturated heterocycles. The van der Waals surface area contributed by atoms with Crippen LogP contribution in [0.5, 0.6) is 0 Å². The molecule has 1 aromatic carbocycles. The molecule has 0 aliphatic carbocycles. The Morgan fingerprint density at radius 2 is 1.89 bits per heavy atom. The van der Waals surface area contributed by atoms with Crippen LogP contribution in [0.15, 0.2) is 39.0 Å². The third-order valence-electron chi connectivity index (χ3n) is 2.23. The van der Waals surface area contributed by atoms with Gasteiger partial charge in [0, 0.05) is 14.1 Å². The van der Waals surface area contributed by atoms with Gasteiger partial charge in [-0.15, -0.1) is 11.3 Å². The van der Waals surface area contributed by atoms with Crippen LogP contribution < -0.4 is 4.72 Å². The fourth-order valence-corrected chi connectivity index (χ4v) is 5.26. The summed E-state index contributed by atoms with van der Waals surface area (Å²) in [7, 11) is -3.51. The van der Waals surface area contributed by atoms with E-state index >= 15 is 0 Å². The average molecular weight is 458 g/mol. The Morgan fingerprint density at radius 3 is 2.39 bits per heavy atom. The number of hydrogen-bond acceptors (Lipinski definition) is 3. The van der Waals surface area contributed by atoms with Crippen molar-refractivity contribution in [2.75, 3.05) is 4.72 Å². The minimum absolute atomic E-state index is 0.318. The molecular formula is C11H9BrINO2S2. The summed E-state index contributed by atoms with van der Waals surface area (Å²) in [5.74, 6) is 0. The van der Waals surface area contributed by atoms with E-state index < -0.39 is 10.0 Å². The van der Waals surface area contributed by atoms with E-state index in [9.17, 15) is 8.42 Å². The number of rotatable bonds is 3. The summed E-state index contributed by atoms with van der Waals surface area (Å²) >= 11 is 6.87. The molecular weight excluding hydrogens is 449 g/mol. The molecule has 1 aromatic heterocycles. The van der Waals surface area contributed by atoms with Crippen molar-refractivity contribution in [2.24, 2.45) is 0 Å². The molecule has 0 bridgehead atoms. The third kappa shape index (κ3) is 3.25. The molecule has 3 nitrogen and oxygen atoms in total. The number of halogens is 2. The SMILES string of the molecule is Cc1sc(Br)cc1S(=O)(=O)Nc1ccc(I)cc1. The fourth-order valence-electron chi connectivity index (χ4n) is 1.43. The van der Waals surface area contributed by atoms with Gasteiger partial charge in [0.1, 0.15) is 4.90 Å². The van der Waals surface area contributed by atoms with Crippen molar-refractivity contribution in [2.45, 2.75) is 11.8 Å². The Morgan fingerprint density at radius 1 is 1.28 bits per heavy atom. The van der Waals surface area contributed by atoms with Crippen LogP contribution in [0.4, 0.5) is 5.69 Å². The third-order valence-corrected chi connectivity index (χ3v) is 6.14. The van der Waals surface area contributed by atoms with Gasteiger partial charge in [0.15, 0.2) is 0 Å². The molecule has 0 radical (unpaired) electrons. The van der Waals surface area contributed by atoms with Gasteiger partial charge >= 0.3 is 0 Å². The molecule has 0 unspecified atom stereocenters. The van der Waals surface area contributed by atoms with Crippen molar-refractivity contribution in [1.29, 1.82) is 0 Å². The summed E-state index contributed by atoms with van der Waals surface area (Å²) in [5, 5.41) is 0. The number of thiophene rings is 1. The van der Waals surface area contributed by atoms with Crippen LogP contribution in [-0.2, 0) is 10.0 Å². The maximum atomic E-state index is 12.2. The van der Waals surface area contributed by atoms with Crippen molar-refractivity contribution in [3.63, 3.8) is 0 Å². The molecule has 2 rings (SSSR count). The zero-order valence-corrected chi connectivity index (χ0v) is 14.7. The van der Waals surface area contributed by atoms with Crippen LogP contribution in [0.2, 0.25) is 0 Å². The molecule has 0 amide bonds. The lowest BCUT2D eigenvalue weighted by Gasteiger charge is -2.07. The highest BCUT2D eigenvalue weighted by atomic mass is 127. The number of sulfonamides is 1. The molecule has 0 fully saturated rings. The van der Waals surface area contributed by atoms with Gasteiger partial charge in [-0.1, -0.05) is 0 Å². The standard InChI is InChI=1S/C11H9BrINO2S2/c1-7-10(6-11(12)17-7)18(15,16)14-9-4-2-8(13)3-5-9/h2-6,14H,1H3. The van der Waals surface area contributed by atoms with Gasteiger partial charge in [-0.05, 0) is 75.8 Å². The molecule has 0 aliphatic heterocycles. The number of benzene rings is 1. The van der Waals surface area contributed by atoms with Crippen molar-refractivity contribution >= 4 is 65.6 Å². The summed E-state index contributed by atoms with van der Waals surface area (Å²) in [5.41, 5.74) is 0.567. The van der Waals surface area contributed by atoms with E-state index in [-0.39, 0.29) is 0 Å². The average Bonchev–Trinajstić information content (AvgIpc) is 2.62. The van der Waals surface area contributed by atoms with Gasteiger partial charge in [-0.2, -0.15) is 0 Å². The Labute approximate surface area is 132 Å². The monoisotopic (exact) mass is 457 g/mol. The lowest BCUT2D eigenvalue weighted by molar-refractivity contribution is 0.601. The number of hydrogen-bond donors (Lipinski definition) is 1. The first-order chi connectivity index (χ1) is 8.38. The van der Waals surface area contributed by atoms with E-state index in [4.69, 9.17) is 0 Å². The first-order valence-electron chi connectivity index (χ1n) is 4.93. The van der Waals surface area contributed by atoms with Crippen molar-refractivity contribution in [1.82, 2.24) is 0 Å². The van der Waals surface area contributed by atoms with Crippen molar-refractivity contribution in [3.8, 4) is 0 Å². The van der Waals surface area contributed by atoms with Crippen molar-refractivity contribution < 1.29 is 8.42 Å². The highest BCUT2D eigenvalue weighted by Gasteiger charge is 2.19. The predicted octanol–water partition coefficient (Wildman–Crippen LogP) is 4.22. The highest BCUT2D eigenvalue weighted by molar-refractivity contribution is 14.1. The second-order valence-corrected chi connectivity index (χ2v) is 9.12. The molecule has 1 heterocycles. The minimum Gasteiger partial charge on any atom is -0.280 e. The van der Waals surface area contributed by atoms with Gasteiger partial charge in [0.05, 0.1) is 3.79 Å².